The van der Waals surface area contributed by atoms with Crippen molar-refractivity contribution in [2.24, 2.45) is 11.3 Å². The summed E-state index contributed by atoms with van der Waals surface area (Å²) in [5.41, 5.74) is 1.75. The first-order valence-electron chi connectivity index (χ1n) is 7.80. The van der Waals surface area contributed by atoms with E-state index in [0.29, 0.717) is 18.6 Å². The summed E-state index contributed by atoms with van der Waals surface area (Å²) in [4.78, 5) is 14.4. The molecular formula is C17H27NO2S. The van der Waals surface area contributed by atoms with Gasteiger partial charge in [0.15, 0.2) is 0 Å². The van der Waals surface area contributed by atoms with Crippen molar-refractivity contribution in [1.82, 2.24) is 5.32 Å². The topological polar surface area (TPSA) is 38.3 Å². The zero-order valence-electron chi connectivity index (χ0n) is 13.6. The molecule has 2 rings (SSSR count). The fourth-order valence-corrected chi connectivity index (χ4v) is 4.01. The van der Waals surface area contributed by atoms with E-state index in [9.17, 15) is 4.79 Å². The molecule has 1 atom stereocenters. The molecule has 1 heterocycles. The van der Waals surface area contributed by atoms with Crippen molar-refractivity contribution in [2.45, 2.75) is 46.5 Å². The Bertz CT molecular complexity index is 487. The summed E-state index contributed by atoms with van der Waals surface area (Å²) in [7, 11) is 1.68. The maximum absolute atomic E-state index is 12.2. The lowest BCUT2D eigenvalue weighted by molar-refractivity contribution is 0.0952. The minimum atomic E-state index is 0.0674. The number of carbonyl (C=O) groups is 1. The van der Waals surface area contributed by atoms with E-state index >= 15 is 0 Å². The number of methoxy groups -OCH3 is 1. The summed E-state index contributed by atoms with van der Waals surface area (Å²) in [6.45, 7) is 8.32. The molecule has 0 aromatic carbocycles. The summed E-state index contributed by atoms with van der Waals surface area (Å²) < 4.78 is 4.99. The summed E-state index contributed by atoms with van der Waals surface area (Å²) in [5.74, 6) is 0.787. The Kier molecular flexibility index (Phi) is 5.44. The second-order valence-corrected chi connectivity index (χ2v) is 8.10. The van der Waals surface area contributed by atoms with Crippen molar-refractivity contribution in [3.63, 3.8) is 0 Å². The van der Waals surface area contributed by atoms with E-state index in [2.05, 4.69) is 32.2 Å². The molecule has 3 nitrogen and oxygen atoms in total. The molecule has 4 heteroatoms. The highest BCUT2D eigenvalue weighted by Crippen LogP contribution is 2.40. The van der Waals surface area contributed by atoms with Gasteiger partial charge in [0.1, 0.15) is 0 Å². The third-order valence-electron chi connectivity index (χ3n) is 4.34. The molecule has 1 aromatic rings. The zero-order chi connectivity index (χ0) is 15.5. The largest absolute Gasteiger partial charge is 0.385 e. The lowest BCUT2D eigenvalue weighted by atomic mass is 9.72. The van der Waals surface area contributed by atoms with E-state index in [1.54, 1.807) is 18.4 Å². The van der Waals surface area contributed by atoms with Gasteiger partial charge in [-0.05, 0) is 48.6 Å². The lowest BCUT2D eigenvalue weighted by Gasteiger charge is -2.33. The third-order valence-corrected chi connectivity index (χ3v) is 5.58. The third kappa shape index (κ3) is 4.30. The van der Waals surface area contributed by atoms with E-state index in [0.717, 1.165) is 30.1 Å². The molecule has 0 aliphatic heterocycles. The van der Waals surface area contributed by atoms with E-state index in [4.69, 9.17) is 4.74 Å². The van der Waals surface area contributed by atoms with E-state index < -0.39 is 0 Å². The maximum Gasteiger partial charge on any atom is 0.261 e. The first-order chi connectivity index (χ1) is 9.91. The van der Waals surface area contributed by atoms with Crippen LogP contribution >= 0.6 is 11.3 Å². The van der Waals surface area contributed by atoms with Gasteiger partial charge in [0, 0.05) is 25.1 Å². The number of thiophene rings is 1. The minimum absolute atomic E-state index is 0.0674. The van der Waals surface area contributed by atoms with Crippen LogP contribution in [0.15, 0.2) is 6.07 Å². The van der Waals surface area contributed by atoms with Crippen LogP contribution in [0.2, 0.25) is 0 Å². The number of hydrogen-bond donors (Lipinski definition) is 1. The maximum atomic E-state index is 12.2. The molecule has 1 amide bonds. The molecule has 21 heavy (non-hydrogen) atoms. The molecule has 0 saturated heterocycles. The number of amides is 1. The highest BCUT2D eigenvalue weighted by Gasteiger charge is 2.30. The van der Waals surface area contributed by atoms with Crippen LogP contribution in [-0.4, -0.2) is 26.2 Å². The lowest BCUT2D eigenvalue weighted by Crippen LogP contribution is -2.26. The van der Waals surface area contributed by atoms with Gasteiger partial charge in [0.25, 0.3) is 5.91 Å². The van der Waals surface area contributed by atoms with E-state index in [-0.39, 0.29) is 5.91 Å². The van der Waals surface area contributed by atoms with Crippen molar-refractivity contribution >= 4 is 17.2 Å². The fourth-order valence-electron chi connectivity index (χ4n) is 2.88. The van der Waals surface area contributed by atoms with E-state index in [1.807, 2.05) is 0 Å². The van der Waals surface area contributed by atoms with E-state index in [1.165, 1.54) is 16.9 Å². The molecule has 0 saturated carbocycles. The summed E-state index contributed by atoms with van der Waals surface area (Å²) >= 11 is 1.68. The second kappa shape index (κ2) is 6.93. The van der Waals surface area contributed by atoms with Gasteiger partial charge in [-0.25, -0.2) is 0 Å². The van der Waals surface area contributed by atoms with Crippen LogP contribution in [0, 0.1) is 11.3 Å². The van der Waals surface area contributed by atoms with Gasteiger partial charge in [0.05, 0.1) is 4.88 Å². The monoisotopic (exact) mass is 309 g/mol. The quantitative estimate of drug-likeness (QED) is 0.843. The van der Waals surface area contributed by atoms with Crippen molar-refractivity contribution in [3.05, 3.63) is 21.4 Å². The van der Waals surface area contributed by atoms with Crippen LogP contribution in [0.5, 0.6) is 0 Å². The summed E-state index contributed by atoms with van der Waals surface area (Å²) in [6, 6.07) is 2.11. The molecule has 0 spiro atoms. The number of carbonyl (C=O) groups excluding carboxylic acids is 1. The van der Waals surface area contributed by atoms with Gasteiger partial charge >= 0.3 is 0 Å². The number of aryl methyl sites for hydroxylation is 1. The highest BCUT2D eigenvalue weighted by atomic mass is 32.1. The van der Waals surface area contributed by atoms with Gasteiger partial charge in [-0.1, -0.05) is 20.8 Å². The van der Waals surface area contributed by atoms with Crippen LogP contribution < -0.4 is 5.32 Å². The number of hydrogen-bond acceptors (Lipinski definition) is 3. The van der Waals surface area contributed by atoms with Crippen LogP contribution in [0.4, 0.5) is 0 Å². The molecule has 0 fully saturated rings. The Morgan fingerprint density at radius 3 is 2.90 bits per heavy atom. The fraction of sp³-hybridized carbons (Fsp3) is 0.706. The average molecular weight is 309 g/mol. The molecule has 0 bridgehead atoms. The van der Waals surface area contributed by atoms with Crippen molar-refractivity contribution in [1.29, 1.82) is 0 Å². The average Bonchev–Trinajstić information content (AvgIpc) is 2.85. The number of nitrogens with one attached hydrogen (secondary N) is 1. The Labute approximate surface area is 132 Å². The Morgan fingerprint density at radius 1 is 1.48 bits per heavy atom. The van der Waals surface area contributed by atoms with Crippen LogP contribution in [0.3, 0.4) is 0 Å². The Balaban J connectivity index is 1.96. The predicted molar refractivity (Wildman–Crippen MR) is 88.1 cm³/mol. The Morgan fingerprint density at radius 2 is 2.24 bits per heavy atom. The molecule has 1 N–H and O–H groups in total. The van der Waals surface area contributed by atoms with Crippen molar-refractivity contribution < 1.29 is 9.53 Å². The van der Waals surface area contributed by atoms with Gasteiger partial charge in [-0.15, -0.1) is 11.3 Å². The van der Waals surface area contributed by atoms with Crippen molar-refractivity contribution in [2.75, 3.05) is 20.3 Å². The van der Waals surface area contributed by atoms with Crippen LogP contribution in [0.1, 0.15) is 53.7 Å². The predicted octanol–water partition coefficient (Wildman–Crippen LogP) is 3.67. The minimum Gasteiger partial charge on any atom is -0.385 e. The molecule has 1 aliphatic rings. The Hall–Kier alpha value is -0.870. The first-order valence-corrected chi connectivity index (χ1v) is 8.62. The molecule has 0 unspecified atom stereocenters. The van der Waals surface area contributed by atoms with Gasteiger partial charge in [0.2, 0.25) is 0 Å². The molecule has 1 aliphatic carbocycles. The van der Waals surface area contributed by atoms with Crippen LogP contribution in [-0.2, 0) is 17.6 Å². The van der Waals surface area contributed by atoms with Crippen LogP contribution in [0.25, 0.3) is 0 Å². The molecular weight excluding hydrogens is 282 g/mol. The van der Waals surface area contributed by atoms with Gasteiger partial charge < -0.3 is 10.1 Å². The first kappa shape index (κ1) is 16.5. The SMILES string of the molecule is COCCCNC(=O)c1cc2c(s1)CC[C@@H](C(C)(C)C)C2. The highest BCUT2D eigenvalue weighted by molar-refractivity contribution is 7.14. The summed E-state index contributed by atoms with van der Waals surface area (Å²) in [6.07, 6.45) is 4.34. The number of rotatable bonds is 5. The molecule has 118 valence electrons. The molecule has 1 aromatic heterocycles. The standard InChI is InChI=1S/C17H27NO2S/c1-17(2,3)13-6-7-14-12(10-13)11-15(21-14)16(19)18-8-5-9-20-4/h11,13H,5-10H2,1-4H3,(H,18,19)/t13-/m1/s1. The van der Waals surface area contributed by atoms with Gasteiger partial charge in [-0.2, -0.15) is 0 Å². The van der Waals surface area contributed by atoms with Gasteiger partial charge in [-0.3, -0.25) is 4.79 Å². The normalized spacial score (nSPS) is 18.4. The second-order valence-electron chi connectivity index (χ2n) is 6.97. The smallest absolute Gasteiger partial charge is 0.261 e. The number of ether oxygens (including phenoxy) is 1. The zero-order valence-corrected chi connectivity index (χ0v) is 14.4. The van der Waals surface area contributed by atoms with Crippen molar-refractivity contribution in [3.8, 4) is 0 Å². The number of fused-ring (bicyclic) bond motifs is 1. The molecule has 0 radical (unpaired) electrons. The summed E-state index contributed by atoms with van der Waals surface area (Å²) in [5, 5.41) is 2.98.